The number of benzene rings is 2. The van der Waals surface area contributed by atoms with E-state index in [1.165, 1.54) is 5.56 Å². The number of hydrogen-bond acceptors (Lipinski definition) is 4. The molecule has 0 aliphatic rings. The van der Waals surface area contributed by atoms with Gasteiger partial charge in [0, 0.05) is 27.6 Å². The Morgan fingerprint density at radius 2 is 1.92 bits per heavy atom. The number of aldehydes is 1. The highest BCUT2D eigenvalue weighted by Gasteiger charge is 2.20. The average Bonchev–Trinajstić information content (AvgIpc) is 3.08. The predicted molar refractivity (Wildman–Crippen MR) is 103 cm³/mol. The molecule has 0 aliphatic heterocycles. The van der Waals surface area contributed by atoms with Crippen molar-refractivity contribution >= 4 is 28.0 Å². The third-order valence-electron chi connectivity index (χ3n) is 4.85. The van der Waals surface area contributed by atoms with Gasteiger partial charge in [0.25, 0.3) is 0 Å². The number of phenols is 1. The van der Waals surface area contributed by atoms with Gasteiger partial charge in [0.2, 0.25) is 0 Å². The van der Waals surface area contributed by atoms with Crippen LogP contribution >= 0.6 is 0 Å². The number of rotatable bonds is 3. The lowest BCUT2D eigenvalue weighted by molar-refractivity contribution is 0.112. The highest BCUT2D eigenvalue weighted by Crippen LogP contribution is 2.39. The third-order valence-corrected chi connectivity index (χ3v) is 4.85. The van der Waals surface area contributed by atoms with E-state index in [0.29, 0.717) is 22.6 Å². The summed E-state index contributed by atoms with van der Waals surface area (Å²) in [5.41, 5.74) is 5.07. The van der Waals surface area contributed by atoms with Gasteiger partial charge < -0.3 is 5.11 Å². The second-order valence-electron chi connectivity index (χ2n) is 6.82. The molecule has 2 N–H and O–H groups in total. The van der Waals surface area contributed by atoms with Crippen LogP contribution in [0.15, 0.2) is 36.5 Å². The van der Waals surface area contributed by atoms with Gasteiger partial charge in [-0.2, -0.15) is 5.10 Å². The van der Waals surface area contributed by atoms with Crippen LogP contribution in [0.1, 0.15) is 41.4 Å². The maximum absolute atomic E-state index is 11.6. The molecule has 2 aromatic carbocycles. The second-order valence-corrected chi connectivity index (χ2v) is 6.82. The molecule has 0 amide bonds. The monoisotopic (exact) mass is 345 g/mol. The molecule has 0 aliphatic carbocycles. The lowest BCUT2D eigenvalue weighted by Crippen LogP contribution is -2.00. The summed E-state index contributed by atoms with van der Waals surface area (Å²) in [6, 6.07) is 9.20. The third kappa shape index (κ3) is 2.36. The molecule has 4 aromatic rings. The van der Waals surface area contributed by atoms with Gasteiger partial charge in [-0.15, -0.1) is 0 Å². The number of aryl methyl sites for hydroxylation is 1. The molecule has 5 heteroatoms. The molecule has 130 valence electrons. The van der Waals surface area contributed by atoms with E-state index in [9.17, 15) is 9.90 Å². The van der Waals surface area contributed by atoms with E-state index in [1.807, 2.05) is 25.3 Å². The fourth-order valence-electron chi connectivity index (χ4n) is 3.56. The van der Waals surface area contributed by atoms with E-state index in [2.05, 4.69) is 30.1 Å². The number of fused-ring (bicyclic) bond motifs is 2. The number of phenolic OH excluding ortho intramolecular Hbond substituents is 1. The first-order valence-corrected chi connectivity index (χ1v) is 8.56. The topological polar surface area (TPSA) is 78.9 Å². The van der Waals surface area contributed by atoms with Crippen LogP contribution in [0.4, 0.5) is 0 Å². The number of hydrogen-bond donors (Lipinski definition) is 2. The minimum Gasteiger partial charge on any atom is -0.508 e. The second kappa shape index (κ2) is 5.95. The van der Waals surface area contributed by atoms with Crippen molar-refractivity contribution < 1.29 is 9.90 Å². The minimum absolute atomic E-state index is 0.128. The fraction of sp³-hybridized carbons (Fsp3) is 0.190. The van der Waals surface area contributed by atoms with Gasteiger partial charge in [-0.25, -0.2) is 0 Å². The number of carbonyl (C=O) groups excluding carboxylic acids is 1. The lowest BCUT2D eigenvalue weighted by Gasteiger charge is -2.17. The molecule has 0 fully saturated rings. The Labute approximate surface area is 150 Å². The Kier molecular flexibility index (Phi) is 3.72. The van der Waals surface area contributed by atoms with Crippen LogP contribution in [-0.4, -0.2) is 26.6 Å². The van der Waals surface area contributed by atoms with Crippen molar-refractivity contribution in [2.24, 2.45) is 0 Å². The Morgan fingerprint density at radius 3 is 2.65 bits per heavy atom. The van der Waals surface area contributed by atoms with E-state index in [1.54, 1.807) is 12.1 Å². The van der Waals surface area contributed by atoms with Gasteiger partial charge in [-0.3, -0.25) is 14.9 Å². The highest BCUT2D eigenvalue weighted by atomic mass is 16.3. The molecule has 0 bridgehead atoms. The van der Waals surface area contributed by atoms with Crippen molar-refractivity contribution in [3.8, 4) is 17.0 Å². The van der Waals surface area contributed by atoms with Crippen molar-refractivity contribution in [3.05, 3.63) is 53.3 Å². The Bertz CT molecular complexity index is 1160. The molecule has 0 spiro atoms. The number of nitrogens with one attached hydrogen (secondary N) is 1. The summed E-state index contributed by atoms with van der Waals surface area (Å²) in [6.45, 7) is 6.11. The number of aromatic nitrogens is 3. The number of aromatic hydroxyl groups is 1. The van der Waals surface area contributed by atoms with Crippen LogP contribution in [0.5, 0.6) is 5.75 Å². The molecule has 5 nitrogen and oxygen atoms in total. The van der Waals surface area contributed by atoms with Crippen molar-refractivity contribution in [2.75, 3.05) is 0 Å². The summed E-state index contributed by atoms with van der Waals surface area (Å²) in [7, 11) is 0. The molecule has 2 aromatic heterocycles. The highest BCUT2D eigenvalue weighted by molar-refractivity contribution is 6.09. The van der Waals surface area contributed by atoms with E-state index < -0.39 is 0 Å². The normalized spacial score (nSPS) is 11.5. The number of H-pyrrole nitrogens is 1. The quantitative estimate of drug-likeness (QED) is 0.526. The summed E-state index contributed by atoms with van der Waals surface area (Å²) >= 11 is 0. The van der Waals surface area contributed by atoms with Crippen LogP contribution in [0.25, 0.3) is 32.9 Å². The molecule has 0 radical (unpaired) electrons. The Balaban J connectivity index is 2.20. The van der Waals surface area contributed by atoms with Gasteiger partial charge >= 0.3 is 0 Å². The Hall–Kier alpha value is -3.21. The average molecular weight is 345 g/mol. The standard InChI is InChI=1S/C21H19N3O2/c1-11(2)14-6-7-19-17(9-22-24-19)20(14)21-15-5-4-13(26)8-16(15)18(10-25)12(3)23-21/h4-11,26H,1-3H3,(H,22,24). The van der Waals surface area contributed by atoms with E-state index >= 15 is 0 Å². The first-order chi connectivity index (χ1) is 12.5. The van der Waals surface area contributed by atoms with Crippen LogP contribution in [0, 0.1) is 6.92 Å². The van der Waals surface area contributed by atoms with Gasteiger partial charge in [-0.1, -0.05) is 19.9 Å². The van der Waals surface area contributed by atoms with Crippen LogP contribution in [0.2, 0.25) is 0 Å². The minimum atomic E-state index is 0.128. The molecular weight excluding hydrogens is 326 g/mol. The molecule has 0 saturated carbocycles. The zero-order valence-electron chi connectivity index (χ0n) is 14.9. The summed E-state index contributed by atoms with van der Waals surface area (Å²) < 4.78 is 0. The maximum Gasteiger partial charge on any atom is 0.152 e. The van der Waals surface area contributed by atoms with Crippen molar-refractivity contribution in [1.82, 2.24) is 15.2 Å². The zero-order chi connectivity index (χ0) is 18.4. The van der Waals surface area contributed by atoms with Crippen LogP contribution < -0.4 is 0 Å². The summed E-state index contributed by atoms with van der Waals surface area (Å²) in [5.74, 6) is 0.423. The lowest BCUT2D eigenvalue weighted by atomic mass is 9.89. The van der Waals surface area contributed by atoms with Gasteiger partial charge in [-0.05, 0) is 48.1 Å². The van der Waals surface area contributed by atoms with Crippen LogP contribution in [0.3, 0.4) is 0 Å². The van der Waals surface area contributed by atoms with Gasteiger partial charge in [0.05, 0.1) is 17.4 Å². The smallest absolute Gasteiger partial charge is 0.152 e. The van der Waals surface area contributed by atoms with Crippen LogP contribution in [-0.2, 0) is 0 Å². The summed E-state index contributed by atoms with van der Waals surface area (Å²) in [6.07, 6.45) is 2.61. The SMILES string of the molecule is Cc1nc(-c2c(C(C)C)ccc3[nH]ncc23)c2ccc(O)cc2c1C=O. The molecule has 0 saturated heterocycles. The van der Waals surface area contributed by atoms with Gasteiger partial charge in [0.1, 0.15) is 5.75 Å². The zero-order valence-corrected chi connectivity index (χ0v) is 14.9. The van der Waals surface area contributed by atoms with E-state index in [0.717, 1.165) is 33.8 Å². The Morgan fingerprint density at radius 1 is 1.12 bits per heavy atom. The van der Waals surface area contributed by atoms with Crippen molar-refractivity contribution in [2.45, 2.75) is 26.7 Å². The molecule has 4 rings (SSSR count). The van der Waals surface area contributed by atoms with Crippen molar-refractivity contribution in [3.63, 3.8) is 0 Å². The summed E-state index contributed by atoms with van der Waals surface area (Å²) in [5, 5.41) is 19.7. The molecular formula is C21H19N3O2. The van der Waals surface area contributed by atoms with E-state index in [4.69, 9.17) is 4.98 Å². The number of nitrogens with zero attached hydrogens (tertiary/aromatic N) is 2. The van der Waals surface area contributed by atoms with Gasteiger partial charge in [0.15, 0.2) is 6.29 Å². The molecule has 0 unspecified atom stereocenters. The van der Waals surface area contributed by atoms with Crippen molar-refractivity contribution in [1.29, 1.82) is 0 Å². The van der Waals surface area contributed by atoms with E-state index in [-0.39, 0.29) is 5.75 Å². The first kappa shape index (κ1) is 16.3. The predicted octanol–water partition coefficient (Wildman–Crippen LogP) is 4.73. The summed E-state index contributed by atoms with van der Waals surface area (Å²) in [4.78, 5) is 16.4. The first-order valence-electron chi connectivity index (χ1n) is 8.56. The number of pyridine rings is 1. The largest absolute Gasteiger partial charge is 0.508 e. The maximum atomic E-state index is 11.6. The fourth-order valence-corrected chi connectivity index (χ4v) is 3.56. The molecule has 26 heavy (non-hydrogen) atoms. The molecule has 2 heterocycles. The number of aromatic amines is 1. The molecule has 0 atom stereocenters. The number of carbonyl (C=O) groups is 1.